The van der Waals surface area contributed by atoms with Crippen LogP contribution >= 0.6 is 15.9 Å². The number of alkyl halides is 1. The first-order chi connectivity index (χ1) is 8.97. The van der Waals surface area contributed by atoms with Gasteiger partial charge in [-0.1, -0.05) is 22.9 Å². The van der Waals surface area contributed by atoms with Crippen LogP contribution < -0.4 is 4.72 Å². The summed E-state index contributed by atoms with van der Waals surface area (Å²) in [6.07, 6.45) is 6.53. The Bertz CT molecular complexity index is 372. The zero-order valence-electron chi connectivity index (χ0n) is 11.6. The van der Waals surface area contributed by atoms with Gasteiger partial charge in [-0.3, -0.25) is 0 Å². The lowest BCUT2D eigenvalue weighted by Gasteiger charge is -2.31. The molecule has 0 amide bonds. The molecule has 0 bridgehead atoms. The highest BCUT2D eigenvalue weighted by atomic mass is 79.9. The van der Waals surface area contributed by atoms with Crippen molar-refractivity contribution in [1.29, 1.82) is 0 Å². The highest BCUT2D eigenvalue weighted by molar-refractivity contribution is 9.09. The van der Waals surface area contributed by atoms with Gasteiger partial charge >= 0.3 is 0 Å². The molecule has 112 valence electrons. The van der Waals surface area contributed by atoms with Crippen LogP contribution in [0, 0.1) is 11.8 Å². The summed E-state index contributed by atoms with van der Waals surface area (Å²) < 4.78 is 28.8. The minimum absolute atomic E-state index is 0.507. The SMILES string of the molecule is CC1CCN(S(=O)(=O)NCC2CCC(Br)CC2)CC1. The van der Waals surface area contributed by atoms with Crippen LogP contribution in [-0.4, -0.2) is 37.2 Å². The van der Waals surface area contributed by atoms with Gasteiger partial charge < -0.3 is 0 Å². The molecule has 4 nitrogen and oxygen atoms in total. The lowest BCUT2D eigenvalue weighted by molar-refractivity contribution is 0.282. The Labute approximate surface area is 125 Å². The number of nitrogens with zero attached hydrogens (tertiary/aromatic N) is 1. The van der Waals surface area contributed by atoms with Crippen molar-refractivity contribution in [3.8, 4) is 0 Å². The van der Waals surface area contributed by atoms with Crippen molar-refractivity contribution in [3.05, 3.63) is 0 Å². The first-order valence-corrected chi connectivity index (χ1v) is 9.72. The minimum Gasteiger partial charge on any atom is -0.202 e. The second kappa shape index (κ2) is 6.87. The molecule has 1 aliphatic heterocycles. The molecule has 1 saturated carbocycles. The van der Waals surface area contributed by atoms with Crippen LogP contribution in [-0.2, 0) is 10.2 Å². The number of piperidine rings is 1. The molecule has 2 rings (SSSR count). The molecule has 0 spiro atoms. The number of nitrogens with one attached hydrogen (secondary N) is 1. The largest absolute Gasteiger partial charge is 0.279 e. The quantitative estimate of drug-likeness (QED) is 0.790. The van der Waals surface area contributed by atoms with Gasteiger partial charge in [-0.05, 0) is 50.4 Å². The Morgan fingerprint density at radius 2 is 1.68 bits per heavy atom. The monoisotopic (exact) mass is 352 g/mol. The van der Waals surface area contributed by atoms with Gasteiger partial charge in [-0.2, -0.15) is 12.7 Å². The fourth-order valence-electron chi connectivity index (χ4n) is 2.87. The molecule has 6 heteroatoms. The number of halogens is 1. The molecule has 1 aliphatic carbocycles. The number of rotatable bonds is 4. The maximum absolute atomic E-state index is 12.2. The smallest absolute Gasteiger partial charge is 0.202 e. The summed E-state index contributed by atoms with van der Waals surface area (Å²) in [5, 5.41) is 0. The molecule has 0 aromatic heterocycles. The van der Waals surface area contributed by atoms with Crippen LogP contribution in [0.25, 0.3) is 0 Å². The van der Waals surface area contributed by atoms with E-state index in [-0.39, 0.29) is 0 Å². The number of hydrogen-bond acceptors (Lipinski definition) is 2. The Balaban J connectivity index is 1.78. The Morgan fingerprint density at radius 3 is 2.26 bits per heavy atom. The van der Waals surface area contributed by atoms with Crippen LogP contribution in [0.2, 0.25) is 0 Å². The summed E-state index contributed by atoms with van der Waals surface area (Å²) in [4.78, 5) is 0.629. The lowest BCUT2D eigenvalue weighted by Crippen LogP contribution is -2.46. The molecular formula is C13H25BrN2O2S. The molecular weight excluding hydrogens is 328 g/mol. The topological polar surface area (TPSA) is 49.4 Å². The Morgan fingerprint density at radius 1 is 1.11 bits per heavy atom. The van der Waals surface area contributed by atoms with Crippen molar-refractivity contribution in [3.63, 3.8) is 0 Å². The molecule has 0 atom stereocenters. The van der Waals surface area contributed by atoms with Crippen molar-refractivity contribution in [2.45, 2.75) is 50.3 Å². The van der Waals surface area contributed by atoms with E-state index in [4.69, 9.17) is 0 Å². The Kier molecular flexibility index (Phi) is 5.69. The van der Waals surface area contributed by atoms with Gasteiger partial charge in [0.15, 0.2) is 0 Å². The summed E-state index contributed by atoms with van der Waals surface area (Å²) >= 11 is 3.63. The number of hydrogen-bond donors (Lipinski definition) is 1. The van der Waals surface area contributed by atoms with E-state index in [0.29, 0.717) is 36.3 Å². The lowest BCUT2D eigenvalue weighted by atomic mass is 9.89. The first-order valence-electron chi connectivity index (χ1n) is 7.36. The molecule has 1 heterocycles. The summed E-state index contributed by atoms with van der Waals surface area (Å²) in [5.74, 6) is 1.16. The van der Waals surface area contributed by atoms with E-state index in [9.17, 15) is 8.42 Å². The van der Waals surface area contributed by atoms with Crippen LogP contribution in [0.15, 0.2) is 0 Å². The Hall–Kier alpha value is 0.350. The summed E-state index contributed by atoms with van der Waals surface area (Å²) in [6, 6.07) is 0. The van der Waals surface area contributed by atoms with E-state index in [0.717, 1.165) is 38.5 Å². The highest BCUT2D eigenvalue weighted by Crippen LogP contribution is 2.28. The first kappa shape index (κ1) is 15.7. The van der Waals surface area contributed by atoms with Crippen molar-refractivity contribution in [2.75, 3.05) is 19.6 Å². The van der Waals surface area contributed by atoms with E-state index < -0.39 is 10.2 Å². The van der Waals surface area contributed by atoms with Crippen molar-refractivity contribution >= 4 is 26.1 Å². The molecule has 1 N–H and O–H groups in total. The normalized spacial score (nSPS) is 31.5. The molecule has 1 saturated heterocycles. The summed E-state index contributed by atoms with van der Waals surface area (Å²) in [7, 11) is -3.25. The molecule has 19 heavy (non-hydrogen) atoms. The summed E-state index contributed by atoms with van der Waals surface area (Å²) in [6.45, 7) is 4.14. The van der Waals surface area contributed by atoms with Gasteiger partial charge in [0.25, 0.3) is 10.2 Å². The van der Waals surface area contributed by atoms with Crippen molar-refractivity contribution in [1.82, 2.24) is 9.03 Å². The average Bonchev–Trinajstić information content (AvgIpc) is 2.39. The average molecular weight is 353 g/mol. The molecule has 2 aliphatic rings. The third kappa shape index (κ3) is 4.69. The van der Waals surface area contributed by atoms with E-state index in [1.54, 1.807) is 4.31 Å². The molecule has 0 aromatic rings. The predicted molar refractivity (Wildman–Crippen MR) is 81.6 cm³/mol. The van der Waals surface area contributed by atoms with E-state index in [2.05, 4.69) is 27.6 Å². The van der Waals surface area contributed by atoms with Crippen molar-refractivity contribution < 1.29 is 8.42 Å². The second-order valence-corrected chi connectivity index (χ2v) is 9.10. The fraction of sp³-hybridized carbons (Fsp3) is 1.00. The summed E-state index contributed by atoms with van der Waals surface area (Å²) in [5.41, 5.74) is 0. The van der Waals surface area contributed by atoms with E-state index >= 15 is 0 Å². The van der Waals surface area contributed by atoms with Crippen molar-refractivity contribution in [2.24, 2.45) is 11.8 Å². The molecule has 0 radical (unpaired) electrons. The minimum atomic E-state index is -3.25. The molecule has 2 fully saturated rings. The van der Waals surface area contributed by atoms with Crippen LogP contribution in [0.4, 0.5) is 0 Å². The van der Waals surface area contributed by atoms with Gasteiger partial charge in [0, 0.05) is 24.5 Å². The van der Waals surface area contributed by atoms with E-state index in [1.807, 2.05) is 0 Å². The maximum atomic E-state index is 12.2. The van der Waals surface area contributed by atoms with Crippen LogP contribution in [0.5, 0.6) is 0 Å². The van der Waals surface area contributed by atoms with Crippen LogP contribution in [0.3, 0.4) is 0 Å². The van der Waals surface area contributed by atoms with E-state index in [1.165, 1.54) is 0 Å². The van der Waals surface area contributed by atoms with Gasteiger partial charge in [0.05, 0.1) is 0 Å². The predicted octanol–water partition coefficient (Wildman–Crippen LogP) is 2.51. The zero-order chi connectivity index (χ0) is 13.9. The highest BCUT2D eigenvalue weighted by Gasteiger charge is 2.27. The van der Waals surface area contributed by atoms with Gasteiger partial charge in [0.2, 0.25) is 0 Å². The molecule has 0 unspecified atom stereocenters. The van der Waals surface area contributed by atoms with Crippen LogP contribution in [0.1, 0.15) is 45.4 Å². The zero-order valence-corrected chi connectivity index (χ0v) is 14.0. The van der Waals surface area contributed by atoms with Gasteiger partial charge in [-0.25, -0.2) is 4.72 Å². The third-order valence-electron chi connectivity index (χ3n) is 4.41. The molecule has 0 aromatic carbocycles. The fourth-order valence-corrected chi connectivity index (χ4v) is 4.71. The second-order valence-electron chi connectivity index (χ2n) is 6.05. The maximum Gasteiger partial charge on any atom is 0.279 e. The standard InChI is InChI=1S/C13H25BrN2O2S/c1-11-6-8-16(9-7-11)19(17,18)15-10-12-2-4-13(14)5-3-12/h11-13,15H,2-10H2,1H3. The van der Waals surface area contributed by atoms with Gasteiger partial charge in [0.1, 0.15) is 0 Å². The van der Waals surface area contributed by atoms with Gasteiger partial charge in [-0.15, -0.1) is 0 Å². The third-order valence-corrected chi connectivity index (χ3v) is 6.91.